The quantitative estimate of drug-likeness (QED) is 0.596. The van der Waals surface area contributed by atoms with Gasteiger partial charge in [0, 0.05) is 5.92 Å². The predicted molar refractivity (Wildman–Crippen MR) is 129 cm³/mol. The van der Waals surface area contributed by atoms with Crippen molar-refractivity contribution in [2.75, 3.05) is 0 Å². The molecule has 4 N–H and O–H groups in total. The lowest BCUT2D eigenvalue weighted by molar-refractivity contribution is -0.167. The minimum Gasteiger partial charge on any atom is -0.412 e. The van der Waals surface area contributed by atoms with E-state index >= 15 is 0 Å². The minimum atomic E-state index is -0.581. The average molecular weight is 449 g/mol. The normalized spacial score (nSPS) is 48.0. The van der Waals surface area contributed by atoms with Crippen molar-refractivity contribution < 1.29 is 20.5 Å². The maximum atomic E-state index is 14.3. The van der Waals surface area contributed by atoms with Crippen molar-refractivity contribution in [1.82, 2.24) is 0 Å². The van der Waals surface area contributed by atoms with Gasteiger partial charge in [-0.15, -0.1) is 0 Å². The Morgan fingerprint density at radius 3 is 2.28 bits per heavy atom. The number of fused-ring (bicyclic) bond motifs is 3. The highest BCUT2D eigenvalue weighted by Crippen LogP contribution is 2.70. The molecular formula is C28H48O4. The molecule has 0 unspecified atom stereocenters. The first-order valence-electron chi connectivity index (χ1n) is 13.1. The van der Waals surface area contributed by atoms with Gasteiger partial charge in [0.2, 0.25) is 0 Å². The van der Waals surface area contributed by atoms with E-state index in [-0.39, 0.29) is 34.2 Å². The number of aliphatic hydroxyl groups is 2. The van der Waals surface area contributed by atoms with E-state index in [1.54, 1.807) is 0 Å². The number of carbonyl (C=O) groups is 1. The van der Waals surface area contributed by atoms with Crippen molar-refractivity contribution in [1.29, 1.82) is 0 Å². The van der Waals surface area contributed by atoms with Crippen LogP contribution in [0.4, 0.5) is 0 Å². The van der Waals surface area contributed by atoms with Gasteiger partial charge in [0.1, 0.15) is 5.78 Å². The summed E-state index contributed by atoms with van der Waals surface area (Å²) < 4.78 is 0. The summed E-state index contributed by atoms with van der Waals surface area (Å²) in [6.45, 7) is 13.8. The molecule has 0 aromatic heterocycles. The Labute approximate surface area is 195 Å². The van der Waals surface area contributed by atoms with E-state index in [0.717, 1.165) is 44.9 Å². The van der Waals surface area contributed by atoms with Crippen molar-refractivity contribution >= 4 is 5.78 Å². The topological polar surface area (TPSA) is 89.0 Å². The van der Waals surface area contributed by atoms with E-state index in [0.29, 0.717) is 35.9 Å². The molecule has 0 aliphatic heterocycles. The fourth-order valence-corrected chi connectivity index (χ4v) is 8.59. The molecule has 4 saturated carbocycles. The van der Waals surface area contributed by atoms with Crippen LogP contribution in [0.25, 0.3) is 0 Å². The second-order valence-electron chi connectivity index (χ2n) is 12.7. The molecule has 4 heteroatoms. The highest BCUT2D eigenvalue weighted by atomic mass is 16.3. The third-order valence-electron chi connectivity index (χ3n) is 11.2. The third-order valence-corrected chi connectivity index (χ3v) is 11.2. The fourth-order valence-electron chi connectivity index (χ4n) is 8.59. The van der Waals surface area contributed by atoms with Gasteiger partial charge < -0.3 is 15.7 Å². The number of rotatable bonds is 4. The zero-order chi connectivity index (χ0) is 22.8. The average Bonchev–Trinajstić information content (AvgIpc) is 3.16. The number of hydrogen-bond acceptors (Lipinski definition) is 3. The first-order chi connectivity index (χ1) is 14.5. The molecule has 0 bridgehead atoms. The smallest absolute Gasteiger partial charge is 0.145 e. The van der Waals surface area contributed by atoms with Gasteiger partial charge in [0.15, 0.2) is 0 Å². The molecule has 4 aliphatic carbocycles. The number of carbonyl (C=O) groups excluding carboxylic acids is 1. The van der Waals surface area contributed by atoms with E-state index in [1.165, 1.54) is 0 Å². The SMILES string of the molecule is CC(C)[C@@H](C)/C=C/[C@@H](C)[C@H]1CC[C@H]2C(=O)[C@@]3(CC[C@]12C)[C@@H](O)C[C@H]1C[C@@H](O)CC[C@@]13C.O. The van der Waals surface area contributed by atoms with Crippen molar-refractivity contribution in [3.05, 3.63) is 12.2 Å². The maximum Gasteiger partial charge on any atom is 0.145 e. The van der Waals surface area contributed by atoms with Crippen LogP contribution < -0.4 is 0 Å². The monoisotopic (exact) mass is 448 g/mol. The summed E-state index contributed by atoms with van der Waals surface area (Å²) in [5, 5.41) is 21.6. The zero-order valence-corrected chi connectivity index (χ0v) is 21.2. The number of aliphatic hydroxyl groups excluding tert-OH is 2. The Bertz CT molecular complexity index is 731. The Hall–Kier alpha value is -0.710. The minimum absolute atomic E-state index is 0. The fraction of sp³-hybridized carbons (Fsp3) is 0.893. The van der Waals surface area contributed by atoms with Crippen molar-refractivity contribution in [2.24, 2.45) is 51.8 Å². The predicted octanol–water partition coefficient (Wildman–Crippen LogP) is 4.96. The lowest BCUT2D eigenvalue weighted by Crippen LogP contribution is -2.59. The largest absolute Gasteiger partial charge is 0.412 e. The zero-order valence-electron chi connectivity index (χ0n) is 21.2. The molecule has 4 fully saturated rings. The van der Waals surface area contributed by atoms with Gasteiger partial charge >= 0.3 is 0 Å². The van der Waals surface area contributed by atoms with Crippen LogP contribution in [-0.2, 0) is 4.79 Å². The van der Waals surface area contributed by atoms with Crippen LogP contribution in [0.3, 0.4) is 0 Å². The Balaban J connectivity index is 0.00000289. The van der Waals surface area contributed by atoms with Gasteiger partial charge in [0.05, 0.1) is 17.6 Å². The maximum absolute atomic E-state index is 14.3. The molecule has 0 aromatic carbocycles. The molecule has 1 spiro atoms. The Morgan fingerprint density at radius 1 is 0.938 bits per heavy atom. The first kappa shape index (κ1) is 25.9. The lowest BCUT2D eigenvalue weighted by Gasteiger charge is -2.56. The lowest BCUT2D eigenvalue weighted by atomic mass is 9.47. The molecular weight excluding hydrogens is 400 g/mol. The second kappa shape index (κ2) is 8.82. The molecule has 0 heterocycles. The van der Waals surface area contributed by atoms with Crippen LogP contribution in [0.15, 0.2) is 12.2 Å². The van der Waals surface area contributed by atoms with Crippen molar-refractivity contribution in [3.63, 3.8) is 0 Å². The van der Waals surface area contributed by atoms with Gasteiger partial charge in [-0.1, -0.05) is 53.7 Å². The van der Waals surface area contributed by atoms with Crippen LogP contribution >= 0.6 is 0 Å². The van der Waals surface area contributed by atoms with Gasteiger partial charge in [0.25, 0.3) is 0 Å². The molecule has 4 rings (SSSR count). The summed E-state index contributed by atoms with van der Waals surface area (Å²) in [6.07, 6.45) is 11.1. The summed E-state index contributed by atoms with van der Waals surface area (Å²) in [7, 11) is 0. The van der Waals surface area contributed by atoms with Crippen LogP contribution in [-0.4, -0.2) is 33.7 Å². The molecule has 0 amide bonds. The molecule has 4 aliphatic rings. The third kappa shape index (κ3) is 3.55. The van der Waals surface area contributed by atoms with Crippen LogP contribution in [0.5, 0.6) is 0 Å². The van der Waals surface area contributed by atoms with Crippen molar-refractivity contribution in [2.45, 2.75) is 105 Å². The molecule has 32 heavy (non-hydrogen) atoms. The number of hydrogen-bond donors (Lipinski definition) is 2. The van der Waals surface area contributed by atoms with Gasteiger partial charge in [-0.2, -0.15) is 0 Å². The molecule has 10 atom stereocenters. The molecule has 0 radical (unpaired) electrons. The van der Waals surface area contributed by atoms with E-state index in [1.807, 2.05) is 0 Å². The molecule has 0 aromatic rings. The standard InChI is InChI=1S/C28H46O3.H2O/c1-17(2)18(3)7-8-19(4)22-9-10-23-25(31)28(14-13-26(22,23)5)24(30)16-20-15-21(29)11-12-27(20,28)6;/h7-8,17-24,29-30H,9-16H2,1-6H3;1H2/b8-7+;/t18-,19+,20+,21-,22+,23-,24-,26+,27-,28+;/m0./s1. The Kier molecular flexibility index (Phi) is 7.14. The molecule has 4 nitrogen and oxygen atoms in total. The van der Waals surface area contributed by atoms with Crippen molar-refractivity contribution in [3.8, 4) is 0 Å². The van der Waals surface area contributed by atoms with Crippen LogP contribution in [0, 0.1) is 51.8 Å². The van der Waals surface area contributed by atoms with Crippen LogP contribution in [0.2, 0.25) is 0 Å². The Morgan fingerprint density at radius 2 is 1.62 bits per heavy atom. The van der Waals surface area contributed by atoms with E-state index in [2.05, 4.69) is 53.7 Å². The first-order valence-corrected chi connectivity index (χ1v) is 13.1. The van der Waals surface area contributed by atoms with Gasteiger partial charge in [-0.25, -0.2) is 0 Å². The number of Topliss-reactive ketones (excluding diaryl/α,β-unsaturated/α-hetero) is 1. The summed E-state index contributed by atoms with van der Waals surface area (Å²) in [6, 6.07) is 0. The summed E-state index contributed by atoms with van der Waals surface area (Å²) in [4.78, 5) is 14.3. The second-order valence-corrected chi connectivity index (χ2v) is 12.7. The molecule has 184 valence electrons. The summed E-state index contributed by atoms with van der Waals surface area (Å²) in [5.74, 6) is 3.00. The summed E-state index contributed by atoms with van der Waals surface area (Å²) >= 11 is 0. The van der Waals surface area contributed by atoms with Gasteiger partial charge in [-0.05, 0) is 91.8 Å². The molecule has 0 saturated heterocycles. The van der Waals surface area contributed by atoms with E-state index in [4.69, 9.17) is 0 Å². The van der Waals surface area contributed by atoms with E-state index in [9.17, 15) is 15.0 Å². The highest BCUT2D eigenvalue weighted by Gasteiger charge is 2.71. The van der Waals surface area contributed by atoms with Crippen LogP contribution in [0.1, 0.15) is 92.9 Å². The van der Waals surface area contributed by atoms with Gasteiger partial charge in [-0.3, -0.25) is 4.79 Å². The number of allylic oxidation sites excluding steroid dienone is 2. The summed E-state index contributed by atoms with van der Waals surface area (Å²) in [5.41, 5.74) is -0.683. The van der Waals surface area contributed by atoms with E-state index < -0.39 is 11.5 Å². The number of ketones is 1. The highest BCUT2D eigenvalue weighted by molar-refractivity contribution is 5.91.